The Bertz CT molecular complexity index is 362. The van der Waals surface area contributed by atoms with E-state index in [1.807, 2.05) is 4.90 Å². The second kappa shape index (κ2) is 5.79. The monoisotopic (exact) mass is 239 g/mol. The molecule has 94 valence electrons. The maximum atomic E-state index is 9.21. The third-order valence-electron chi connectivity index (χ3n) is 2.71. The predicted octanol–water partition coefficient (Wildman–Crippen LogP) is -0.0697. The van der Waals surface area contributed by atoms with Crippen LogP contribution in [-0.4, -0.2) is 55.1 Å². The lowest BCUT2D eigenvalue weighted by Gasteiger charge is -2.22. The number of methoxy groups -OCH3 is 1. The van der Waals surface area contributed by atoms with Crippen LogP contribution in [0.4, 0.5) is 5.95 Å². The number of hydrogen-bond donors (Lipinski definition) is 1. The molecule has 1 unspecified atom stereocenters. The molecule has 1 saturated heterocycles. The van der Waals surface area contributed by atoms with Crippen LogP contribution in [0.25, 0.3) is 0 Å². The van der Waals surface area contributed by atoms with Crippen LogP contribution < -0.4 is 9.64 Å². The number of aliphatic hydroxyl groups is 1. The Kier molecular flexibility index (Phi) is 4.11. The second-order valence-corrected chi connectivity index (χ2v) is 3.97. The van der Waals surface area contributed by atoms with Crippen LogP contribution in [0.3, 0.4) is 0 Å². The van der Waals surface area contributed by atoms with Crippen molar-refractivity contribution in [3.63, 3.8) is 0 Å². The maximum Gasteiger partial charge on any atom is 0.228 e. The molecule has 0 saturated carbocycles. The predicted molar refractivity (Wildman–Crippen MR) is 62.2 cm³/mol. The van der Waals surface area contributed by atoms with Gasteiger partial charge in [0.15, 0.2) is 0 Å². The van der Waals surface area contributed by atoms with Gasteiger partial charge in [-0.25, -0.2) is 4.98 Å². The average molecular weight is 239 g/mol. The molecule has 0 bridgehead atoms. The van der Waals surface area contributed by atoms with Gasteiger partial charge in [0.05, 0.1) is 20.3 Å². The zero-order valence-corrected chi connectivity index (χ0v) is 9.87. The minimum Gasteiger partial charge on any atom is -0.481 e. The van der Waals surface area contributed by atoms with Gasteiger partial charge < -0.3 is 19.5 Å². The summed E-state index contributed by atoms with van der Waals surface area (Å²) in [5, 5.41) is 9.21. The van der Waals surface area contributed by atoms with E-state index < -0.39 is 0 Å². The van der Waals surface area contributed by atoms with E-state index in [1.165, 1.54) is 0 Å². The molecule has 0 spiro atoms. The molecule has 0 aliphatic carbocycles. The topological polar surface area (TPSA) is 67.7 Å². The molecule has 17 heavy (non-hydrogen) atoms. The summed E-state index contributed by atoms with van der Waals surface area (Å²) < 4.78 is 10.5. The molecule has 1 aromatic rings. The van der Waals surface area contributed by atoms with Gasteiger partial charge in [-0.2, -0.15) is 4.98 Å². The second-order valence-electron chi connectivity index (χ2n) is 3.97. The normalized spacial score (nSPS) is 21.1. The minimum absolute atomic E-state index is 0.104. The summed E-state index contributed by atoms with van der Waals surface area (Å²) in [6.45, 7) is 2.74. The van der Waals surface area contributed by atoms with E-state index in [-0.39, 0.29) is 12.5 Å². The lowest BCUT2D eigenvalue weighted by Crippen LogP contribution is -2.32. The Hall–Kier alpha value is -1.40. The first kappa shape index (κ1) is 12.1. The van der Waals surface area contributed by atoms with Gasteiger partial charge in [-0.1, -0.05) is 0 Å². The quantitative estimate of drug-likeness (QED) is 0.796. The molecule has 0 radical (unpaired) electrons. The summed E-state index contributed by atoms with van der Waals surface area (Å²) in [7, 11) is 1.58. The molecule has 0 aromatic carbocycles. The fourth-order valence-electron chi connectivity index (χ4n) is 1.77. The highest BCUT2D eigenvalue weighted by Gasteiger charge is 2.20. The van der Waals surface area contributed by atoms with Crippen molar-refractivity contribution in [3.05, 3.63) is 12.3 Å². The molecule has 0 amide bonds. The largest absolute Gasteiger partial charge is 0.481 e. The number of nitrogens with zero attached hydrogens (tertiary/aromatic N) is 3. The third-order valence-corrected chi connectivity index (χ3v) is 2.71. The van der Waals surface area contributed by atoms with Crippen molar-refractivity contribution in [1.29, 1.82) is 0 Å². The van der Waals surface area contributed by atoms with E-state index >= 15 is 0 Å². The lowest BCUT2D eigenvalue weighted by atomic mass is 10.2. The summed E-state index contributed by atoms with van der Waals surface area (Å²) in [6, 6.07) is 1.71. The highest BCUT2D eigenvalue weighted by Crippen LogP contribution is 2.15. The van der Waals surface area contributed by atoms with Crippen molar-refractivity contribution in [2.24, 2.45) is 5.92 Å². The molecule has 6 nitrogen and oxygen atoms in total. The zero-order chi connectivity index (χ0) is 12.1. The van der Waals surface area contributed by atoms with Crippen molar-refractivity contribution < 1.29 is 14.6 Å². The lowest BCUT2D eigenvalue weighted by molar-refractivity contribution is 0.0959. The molecule has 2 rings (SSSR count). The van der Waals surface area contributed by atoms with E-state index in [0.717, 1.165) is 6.54 Å². The van der Waals surface area contributed by atoms with E-state index in [2.05, 4.69) is 9.97 Å². The molecular weight excluding hydrogens is 222 g/mol. The minimum atomic E-state index is 0.104. The number of aliphatic hydroxyl groups excluding tert-OH is 1. The molecule has 2 heterocycles. The molecule has 1 aromatic heterocycles. The SMILES string of the molecule is COc1ccnc(N2CCOCC(CO)C2)n1. The average Bonchev–Trinajstić information content (AvgIpc) is 2.64. The Morgan fingerprint density at radius 2 is 2.53 bits per heavy atom. The van der Waals surface area contributed by atoms with Crippen molar-refractivity contribution in [1.82, 2.24) is 9.97 Å². The van der Waals surface area contributed by atoms with Crippen molar-refractivity contribution in [2.75, 3.05) is 44.9 Å². The van der Waals surface area contributed by atoms with Crippen LogP contribution in [0.2, 0.25) is 0 Å². The molecule has 1 aliphatic rings. The van der Waals surface area contributed by atoms with Crippen molar-refractivity contribution in [2.45, 2.75) is 0 Å². The maximum absolute atomic E-state index is 9.21. The third kappa shape index (κ3) is 3.04. The Labute approximate surface area is 100 Å². The van der Waals surface area contributed by atoms with E-state index in [9.17, 15) is 5.11 Å². The summed E-state index contributed by atoms with van der Waals surface area (Å²) in [5.74, 6) is 1.27. The van der Waals surface area contributed by atoms with E-state index in [1.54, 1.807) is 19.4 Å². The Balaban J connectivity index is 2.13. The fourth-order valence-corrected chi connectivity index (χ4v) is 1.77. The molecule has 1 atom stereocenters. The first-order valence-electron chi connectivity index (χ1n) is 5.64. The van der Waals surface area contributed by atoms with Crippen LogP contribution in [-0.2, 0) is 4.74 Å². The van der Waals surface area contributed by atoms with Crippen LogP contribution >= 0.6 is 0 Å². The first-order chi connectivity index (χ1) is 8.33. The standard InChI is InChI=1S/C11H17N3O3/c1-16-10-2-3-12-11(13-10)14-4-5-17-8-9(6-14)7-15/h2-3,9,15H,4-8H2,1H3. The smallest absolute Gasteiger partial charge is 0.228 e. The van der Waals surface area contributed by atoms with E-state index in [0.29, 0.717) is 31.6 Å². The molecule has 1 fully saturated rings. The number of rotatable bonds is 3. The molecule has 6 heteroatoms. The number of ether oxygens (including phenoxy) is 2. The van der Waals surface area contributed by atoms with Crippen molar-refractivity contribution in [3.8, 4) is 5.88 Å². The van der Waals surface area contributed by atoms with Gasteiger partial charge in [-0.05, 0) is 0 Å². The Morgan fingerprint density at radius 1 is 1.65 bits per heavy atom. The van der Waals surface area contributed by atoms with Crippen LogP contribution in [0.15, 0.2) is 12.3 Å². The van der Waals surface area contributed by atoms with Crippen LogP contribution in [0.5, 0.6) is 5.88 Å². The molecular formula is C11H17N3O3. The highest BCUT2D eigenvalue weighted by molar-refractivity contribution is 5.32. The number of anilines is 1. The highest BCUT2D eigenvalue weighted by atomic mass is 16.5. The number of hydrogen-bond acceptors (Lipinski definition) is 6. The van der Waals surface area contributed by atoms with Gasteiger partial charge >= 0.3 is 0 Å². The first-order valence-corrected chi connectivity index (χ1v) is 5.64. The van der Waals surface area contributed by atoms with Crippen molar-refractivity contribution >= 4 is 5.95 Å². The van der Waals surface area contributed by atoms with Gasteiger partial charge in [0.1, 0.15) is 0 Å². The zero-order valence-electron chi connectivity index (χ0n) is 9.87. The summed E-state index contributed by atoms with van der Waals surface area (Å²) in [5.41, 5.74) is 0. The molecule has 1 aliphatic heterocycles. The van der Waals surface area contributed by atoms with Gasteiger partial charge in [0.25, 0.3) is 0 Å². The number of aromatic nitrogens is 2. The summed E-state index contributed by atoms with van der Waals surface area (Å²) >= 11 is 0. The summed E-state index contributed by atoms with van der Waals surface area (Å²) in [4.78, 5) is 10.5. The van der Waals surface area contributed by atoms with Gasteiger partial charge in [0, 0.05) is 37.9 Å². The van der Waals surface area contributed by atoms with E-state index in [4.69, 9.17) is 9.47 Å². The van der Waals surface area contributed by atoms with Gasteiger partial charge in [0.2, 0.25) is 11.8 Å². The van der Waals surface area contributed by atoms with Gasteiger partial charge in [-0.3, -0.25) is 0 Å². The summed E-state index contributed by atoms with van der Waals surface area (Å²) in [6.07, 6.45) is 1.67. The van der Waals surface area contributed by atoms with Gasteiger partial charge in [-0.15, -0.1) is 0 Å². The molecule has 1 N–H and O–H groups in total. The fraction of sp³-hybridized carbons (Fsp3) is 0.636. The van der Waals surface area contributed by atoms with Crippen LogP contribution in [0.1, 0.15) is 0 Å². The van der Waals surface area contributed by atoms with Crippen LogP contribution in [0, 0.1) is 5.92 Å². The Morgan fingerprint density at radius 3 is 3.29 bits per heavy atom.